The highest BCUT2D eigenvalue weighted by molar-refractivity contribution is 5.79. The van der Waals surface area contributed by atoms with E-state index in [1.807, 2.05) is 6.07 Å². The van der Waals surface area contributed by atoms with Gasteiger partial charge in [0.1, 0.15) is 11.6 Å². The van der Waals surface area contributed by atoms with Gasteiger partial charge < -0.3 is 10.6 Å². The van der Waals surface area contributed by atoms with Gasteiger partial charge in [-0.3, -0.25) is 9.89 Å². The number of hydrogen-bond acceptors (Lipinski definition) is 2. The summed E-state index contributed by atoms with van der Waals surface area (Å²) < 4.78 is 27.1. The van der Waals surface area contributed by atoms with E-state index in [0.717, 1.165) is 38.1 Å². The molecule has 1 unspecified atom stereocenters. The summed E-state index contributed by atoms with van der Waals surface area (Å²) in [5.41, 5.74) is 1.62. The molecule has 0 amide bonds. The fourth-order valence-electron chi connectivity index (χ4n) is 3.62. The third-order valence-electron chi connectivity index (χ3n) is 5.38. The van der Waals surface area contributed by atoms with Gasteiger partial charge in [-0.15, -0.1) is 0 Å². The van der Waals surface area contributed by atoms with Crippen LogP contribution in [0.2, 0.25) is 0 Å². The summed E-state index contributed by atoms with van der Waals surface area (Å²) in [7, 11) is 1.68. The number of benzene rings is 2. The molecule has 2 N–H and O–H groups in total. The first kappa shape index (κ1) is 20.3. The van der Waals surface area contributed by atoms with Crippen molar-refractivity contribution in [3.05, 3.63) is 71.3 Å². The van der Waals surface area contributed by atoms with Crippen LogP contribution in [0.1, 0.15) is 36.9 Å². The Morgan fingerprint density at radius 3 is 2.54 bits per heavy atom. The van der Waals surface area contributed by atoms with E-state index in [1.54, 1.807) is 7.05 Å². The van der Waals surface area contributed by atoms with Crippen LogP contribution in [0.3, 0.4) is 0 Å². The van der Waals surface area contributed by atoms with Crippen LogP contribution in [-0.4, -0.2) is 37.0 Å². The SMILES string of the molecule is CN=C(NCc1cc(F)ccc1F)NC1CCN(C(C)c2ccccc2)CC1. The normalized spacial score (nSPS) is 17.4. The average molecular weight is 386 g/mol. The number of hydrogen-bond donors (Lipinski definition) is 2. The molecule has 150 valence electrons. The standard InChI is InChI=1S/C22H28F2N4/c1-16(17-6-4-3-5-7-17)28-12-10-20(11-13-28)27-22(25-2)26-15-18-14-19(23)8-9-21(18)24/h3-9,14,16,20H,10-13,15H2,1-2H3,(H2,25,26,27). The van der Waals surface area contributed by atoms with Crippen molar-refractivity contribution in [2.24, 2.45) is 4.99 Å². The van der Waals surface area contributed by atoms with Gasteiger partial charge in [0.25, 0.3) is 0 Å². The molecule has 2 aromatic carbocycles. The summed E-state index contributed by atoms with van der Waals surface area (Å²) in [5.74, 6) is -0.258. The maximum Gasteiger partial charge on any atom is 0.191 e. The van der Waals surface area contributed by atoms with Crippen molar-refractivity contribution >= 4 is 5.96 Å². The molecule has 0 aromatic heterocycles. The summed E-state index contributed by atoms with van der Waals surface area (Å²) in [4.78, 5) is 6.71. The molecule has 0 bridgehead atoms. The molecule has 1 fully saturated rings. The van der Waals surface area contributed by atoms with Crippen molar-refractivity contribution in [2.45, 2.75) is 38.4 Å². The molecule has 2 aromatic rings. The first-order valence-corrected chi connectivity index (χ1v) is 9.77. The molecule has 6 heteroatoms. The Hall–Kier alpha value is -2.47. The van der Waals surface area contributed by atoms with Gasteiger partial charge in [-0.25, -0.2) is 8.78 Å². The van der Waals surface area contributed by atoms with Crippen LogP contribution < -0.4 is 10.6 Å². The summed E-state index contributed by atoms with van der Waals surface area (Å²) >= 11 is 0. The number of nitrogens with zero attached hydrogens (tertiary/aromatic N) is 2. The molecule has 1 atom stereocenters. The van der Waals surface area contributed by atoms with Crippen molar-refractivity contribution in [3.8, 4) is 0 Å². The highest BCUT2D eigenvalue weighted by atomic mass is 19.1. The van der Waals surface area contributed by atoms with Crippen molar-refractivity contribution in [1.29, 1.82) is 0 Å². The van der Waals surface area contributed by atoms with Gasteiger partial charge in [0, 0.05) is 44.3 Å². The Bertz CT molecular complexity index is 786. The molecule has 4 nitrogen and oxygen atoms in total. The second-order valence-electron chi connectivity index (χ2n) is 7.20. The number of guanidine groups is 1. The fourth-order valence-corrected chi connectivity index (χ4v) is 3.62. The first-order chi connectivity index (χ1) is 13.6. The van der Waals surface area contributed by atoms with Gasteiger partial charge in [-0.1, -0.05) is 30.3 Å². The second-order valence-corrected chi connectivity index (χ2v) is 7.20. The number of nitrogens with one attached hydrogen (secondary N) is 2. The summed E-state index contributed by atoms with van der Waals surface area (Å²) in [5, 5.41) is 6.48. The monoisotopic (exact) mass is 386 g/mol. The lowest BCUT2D eigenvalue weighted by Crippen LogP contribution is -2.48. The lowest BCUT2D eigenvalue weighted by atomic mass is 10.0. The third kappa shape index (κ3) is 5.29. The topological polar surface area (TPSA) is 39.7 Å². The Morgan fingerprint density at radius 1 is 1.14 bits per heavy atom. The van der Waals surface area contributed by atoms with Crippen molar-refractivity contribution in [1.82, 2.24) is 15.5 Å². The zero-order chi connectivity index (χ0) is 19.9. The average Bonchev–Trinajstić information content (AvgIpc) is 2.74. The molecule has 1 saturated heterocycles. The maximum absolute atomic E-state index is 13.8. The van der Waals surface area contributed by atoms with E-state index in [9.17, 15) is 8.78 Å². The second kappa shape index (κ2) is 9.64. The van der Waals surface area contributed by atoms with E-state index in [2.05, 4.69) is 51.7 Å². The highest BCUT2D eigenvalue weighted by Gasteiger charge is 2.24. The van der Waals surface area contributed by atoms with E-state index in [4.69, 9.17) is 0 Å². The van der Waals surface area contributed by atoms with Crippen LogP contribution in [0.25, 0.3) is 0 Å². The van der Waals surface area contributed by atoms with Crippen LogP contribution in [0.4, 0.5) is 8.78 Å². The van der Waals surface area contributed by atoms with E-state index < -0.39 is 11.6 Å². The Balaban J connectivity index is 1.48. The zero-order valence-electron chi connectivity index (χ0n) is 16.5. The molecule has 28 heavy (non-hydrogen) atoms. The van der Waals surface area contributed by atoms with Gasteiger partial charge in [0.05, 0.1) is 0 Å². The Morgan fingerprint density at radius 2 is 1.86 bits per heavy atom. The highest BCUT2D eigenvalue weighted by Crippen LogP contribution is 2.24. The lowest BCUT2D eigenvalue weighted by molar-refractivity contribution is 0.158. The van der Waals surface area contributed by atoms with Crippen LogP contribution >= 0.6 is 0 Å². The number of piperidine rings is 1. The third-order valence-corrected chi connectivity index (χ3v) is 5.38. The summed E-state index contributed by atoms with van der Waals surface area (Å²) in [6.45, 7) is 4.44. The number of aliphatic imine (C=N–C) groups is 1. The molecule has 1 heterocycles. The first-order valence-electron chi connectivity index (χ1n) is 9.77. The van der Waals surface area contributed by atoms with Crippen LogP contribution in [0, 0.1) is 11.6 Å². The van der Waals surface area contributed by atoms with Crippen molar-refractivity contribution < 1.29 is 8.78 Å². The summed E-state index contributed by atoms with van der Waals surface area (Å²) in [6.07, 6.45) is 2.01. The minimum Gasteiger partial charge on any atom is -0.354 e. The number of rotatable bonds is 5. The van der Waals surface area contributed by atoms with Gasteiger partial charge in [0.2, 0.25) is 0 Å². The van der Waals surface area contributed by atoms with Crippen LogP contribution in [-0.2, 0) is 6.54 Å². The molecule has 0 aliphatic carbocycles. The van der Waals surface area contributed by atoms with E-state index >= 15 is 0 Å². The van der Waals surface area contributed by atoms with Crippen LogP contribution in [0.5, 0.6) is 0 Å². The van der Waals surface area contributed by atoms with E-state index in [0.29, 0.717) is 18.0 Å². The maximum atomic E-state index is 13.8. The lowest BCUT2D eigenvalue weighted by Gasteiger charge is -2.37. The minimum atomic E-state index is -0.443. The molecule has 0 radical (unpaired) electrons. The number of halogens is 2. The molecule has 3 rings (SSSR count). The summed E-state index contributed by atoms with van der Waals surface area (Å²) in [6, 6.07) is 14.7. The Kier molecular flexibility index (Phi) is 6.98. The van der Waals surface area contributed by atoms with Crippen molar-refractivity contribution in [3.63, 3.8) is 0 Å². The van der Waals surface area contributed by atoms with Gasteiger partial charge in [-0.2, -0.15) is 0 Å². The molecule has 0 spiro atoms. The predicted octanol–water partition coefficient (Wildman–Crippen LogP) is 3.86. The fraction of sp³-hybridized carbons (Fsp3) is 0.409. The van der Waals surface area contributed by atoms with Crippen LogP contribution in [0.15, 0.2) is 53.5 Å². The number of likely N-dealkylation sites (tertiary alicyclic amines) is 1. The van der Waals surface area contributed by atoms with Gasteiger partial charge in [0.15, 0.2) is 5.96 Å². The molecule has 1 aliphatic rings. The van der Waals surface area contributed by atoms with Gasteiger partial charge in [-0.05, 0) is 43.5 Å². The largest absolute Gasteiger partial charge is 0.354 e. The predicted molar refractivity (Wildman–Crippen MR) is 109 cm³/mol. The van der Waals surface area contributed by atoms with E-state index in [-0.39, 0.29) is 12.1 Å². The molecular formula is C22H28F2N4. The quantitative estimate of drug-likeness (QED) is 0.606. The minimum absolute atomic E-state index is 0.188. The van der Waals surface area contributed by atoms with Gasteiger partial charge >= 0.3 is 0 Å². The van der Waals surface area contributed by atoms with Crippen molar-refractivity contribution in [2.75, 3.05) is 20.1 Å². The molecule has 0 saturated carbocycles. The van der Waals surface area contributed by atoms with E-state index in [1.165, 1.54) is 11.6 Å². The Labute approximate surface area is 165 Å². The zero-order valence-corrected chi connectivity index (χ0v) is 16.5. The molecule has 1 aliphatic heterocycles. The molecular weight excluding hydrogens is 358 g/mol. The smallest absolute Gasteiger partial charge is 0.191 e.